The molecule has 0 saturated heterocycles. The standard InChI is InChI=1S/C15H28N2O/c1-9(2)15(10(3)4)12(11(5)8-16)13(17)14(6,7)18-15/h8-10H,16-17H2,1-7H3/b11-8-. The van der Waals surface area contributed by atoms with E-state index in [1.165, 1.54) is 0 Å². The molecule has 0 aromatic heterocycles. The minimum Gasteiger partial charge on any atom is -0.404 e. The lowest BCUT2D eigenvalue weighted by Crippen LogP contribution is -2.45. The van der Waals surface area contributed by atoms with Crippen molar-refractivity contribution in [2.24, 2.45) is 23.3 Å². The Balaban J connectivity index is 3.55. The van der Waals surface area contributed by atoms with Gasteiger partial charge in [-0.3, -0.25) is 0 Å². The van der Waals surface area contributed by atoms with Gasteiger partial charge in [-0.15, -0.1) is 0 Å². The summed E-state index contributed by atoms with van der Waals surface area (Å²) in [5, 5.41) is 0. The third kappa shape index (κ3) is 1.95. The lowest BCUT2D eigenvalue weighted by Gasteiger charge is -2.41. The van der Waals surface area contributed by atoms with E-state index in [4.69, 9.17) is 16.2 Å². The van der Waals surface area contributed by atoms with E-state index < -0.39 is 5.60 Å². The maximum Gasteiger partial charge on any atom is 0.103 e. The summed E-state index contributed by atoms with van der Waals surface area (Å²) < 4.78 is 6.41. The summed E-state index contributed by atoms with van der Waals surface area (Å²) in [5.74, 6) is 0.672. The Morgan fingerprint density at radius 2 is 1.61 bits per heavy atom. The zero-order valence-corrected chi connectivity index (χ0v) is 12.8. The highest BCUT2D eigenvalue weighted by Crippen LogP contribution is 2.51. The van der Waals surface area contributed by atoms with Crippen molar-refractivity contribution in [3.05, 3.63) is 23.0 Å². The van der Waals surface area contributed by atoms with Crippen molar-refractivity contribution >= 4 is 0 Å². The van der Waals surface area contributed by atoms with E-state index in [0.29, 0.717) is 11.8 Å². The van der Waals surface area contributed by atoms with Gasteiger partial charge in [-0.05, 0) is 44.4 Å². The monoisotopic (exact) mass is 252 g/mol. The average Bonchev–Trinajstić information content (AvgIpc) is 2.47. The van der Waals surface area contributed by atoms with Crippen molar-refractivity contribution in [1.82, 2.24) is 0 Å². The smallest absolute Gasteiger partial charge is 0.103 e. The largest absolute Gasteiger partial charge is 0.404 e. The van der Waals surface area contributed by atoms with E-state index in [1.54, 1.807) is 6.20 Å². The summed E-state index contributed by atoms with van der Waals surface area (Å²) >= 11 is 0. The van der Waals surface area contributed by atoms with Gasteiger partial charge in [-0.2, -0.15) is 0 Å². The molecule has 0 fully saturated rings. The molecule has 0 radical (unpaired) electrons. The van der Waals surface area contributed by atoms with Gasteiger partial charge in [-0.25, -0.2) is 0 Å². The van der Waals surface area contributed by atoms with Crippen molar-refractivity contribution in [2.45, 2.75) is 59.7 Å². The number of ether oxygens (including phenoxy) is 1. The van der Waals surface area contributed by atoms with Gasteiger partial charge in [0.25, 0.3) is 0 Å². The maximum atomic E-state index is 6.41. The van der Waals surface area contributed by atoms with Crippen LogP contribution in [0.4, 0.5) is 0 Å². The molecular weight excluding hydrogens is 224 g/mol. The van der Waals surface area contributed by atoms with Crippen molar-refractivity contribution in [3.8, 4) is 0 Å². The minimum absolute atomic E-state index is 0.336. The first-order chi connectivity index (χ1) is 8.11. The molecule has 1 aliphatic rings. The summed E-state index contributed by atoms with van der Waals surface area (Å²) in [7, 11) is 0. The van der Waals surface area contributed by atoms with Crippen LogP contribution >= 0.6 is 0 Å². The Bertz CT molecular complexity index is 381. The molecule has 3 nitrogen and oxygen atoms in total. The van der Waals surface area contributed by atoms with Gasteiger partial charge in [0.05, 0.1) is 0 Å². The Kier molecular flexibility index (Phi) is 3.87. The van der Waals surface area contributed by atoms with E-state index >= 15 is 0 Å². The highest BCUT2D eigenvalue weighted by molar-refractivity contribution is 5.47. The van der Waals surface area contributed by atoms with Crippen molar-refractivity contribution in [1.29, 1.82) is 0 Å². The highest BCUT2D eigenvalue weighted by atomic mass is 16.5. The normalized spacial score (nSPS) is 23.3. The molecule has 4 N–H and O–H groups in total. The molecule has 0 bridgehead atoms. The minimum atomic E-state index is -0.436. The molecule has 3 heteroatoms. The molecule has 1 heterocycles. The van der Waals surface area contributed by atoms with Crippen LogP contribution in [0.15, 0.2) is 23.0 Å². The highest BCUT2D eigenvalue weighted by Gasteiger charge is 2.53. The maximum absolute atomic E-state index is 6.41. The number of hydrogen-bond acceptors (Lipinski definition) is 3. The fraction of sp³-hybridized carbons (Fsp3) is 0.733. The lowest BCUT2D eigenvalue weighted by molar-refractivity contribution is -0.125. The molecule has 0 aliphatic carbocycles. The van der Waals surface area contributed by atoms with Gasteiger partial charge < -0.3 is 16.2 Å². The first-order valence-electron chi connectivity index (χ1n) is 6.71. The zero-order chi connectivity index (χ0) is 14.3. The Morgan fingerprint density at radius 3 is 1.94 bits per heavy atom. The molecule has 0 unspecified atom stereocenters. The van der Waals surface area contributed by atoms with Crippen LogP contribution in [0.3, 0.4) is 0 Å². The van der Waals surface area contributed by atoms with Crippen LogP contribution in [0.1, 0.15) is 48.5 Å². The second-order valence-electron chi connectivity index (χ2n) is 6.35. The topological polar surface area (TPSA) is 61.3 Å². The van der Waals surface area contributed by atoms with Crippen LogP contribution in [0.5, 0.6) is 0 Å². The molecule has 0 spiro atoms. The molecular formula is C15H28N2O. The molecule has 0 atom stereocenters. The van der Waals surface area contributed by atoms with E-state index in [0.717, 1.165) is 16.8 Å². The van der Waals surface area contributed by atoms with Crippen LogP contribution in [0, 0.1) is 11.8 Å². The molecule has 1 rings (SSSR count). The van der Waals surface area contributed by atoms with E-state index in [1.807, 2.05) is 20.8 Å². The van der Waals surface area contributed by atoms with Gasteiger partial charge >= 0.3 is 0 Å². The quantitative estimate of drug-likeness (QED) is 0.812. The summed E-state index contributed by atoms with van der Waals surface area (Å²) in [6, 6.07) is 0. The van der Waals surface area contributed by atoms with Crippen LogP contribution in [0.25, 0.3) is 0 Å². The summed E-state index contributed by atoms with van der Waals surface area (Å²) in [6.45, 7) is 14.8. The van der Waals surface area contributed by atoms with Gasteiger partial charge in [0.1, 0.15) is 11.2 Å². The Morgan fingerprint density at radius 1 is 1.17 bits per heavy atom. The lowest BCUT2D eigenvalue weighted by atomic mass is 9.72. The number of rotatable bonds is 3. The SMILES string of the molecule is C/C(=C/N)C1=C(N)C(C)(C)OC1(C(C)C)C(C)C. The van der Waals surface area contributed by atoms with Crippen LogP contribution in [0.2, 0.25) is 0 Å². The van der Waals surface area contributed by atoms with E-state index in [-0.39, 0.29) is 5.60 Å². The fourth-order valence-corrected chi connectivity index (χ4v) is 3.12. The first-order valence-corrected chi connectivity index (χ1v) is 6.71. The third-order valence-corrected chi connectivity index (χ3v) is 4.09. The molecule has 0 saturated carbocycles. The van der Waals surface area contributed by atoms with Crippen molar-refractivity contribution < 1.29 is 4.74 Å². The predicted octanol–water partition coefficient (Wildman–Crippen LogP) is 2.92. The van der Waals surface area contributed by atoms with E-state index in [9.17, 15) is 0 Å². The molecule has 0 aromatic carbocycles. The second kappa shape index (κ2) is 4.61. The number of hydrogen-bond donors (Lipinski definition) is 2. The Hall–Kier alpha value is -0.960. The van der Waals surface area contributed by atoms with Crippen LogP contribution < -0.4 is 11.5 Å². The number of nitrogens with two attached hydrogens (primary N) is 2. The molecule has 1 aliphatic heterocycles. The van der Waals surface area contributed by atoms with Gasteiger partial charge in [0, 0.05) is 11.3 Å². The Labute approximate surface area is 111 Å². The van der Waals surface area contributed by atoms with Gasteiger partial charge in [0.2, 0.25) is 0 Å². The first kappa shape index (κ1) is 15.1. The fourth-order valence-electron chi connectivity index (χ4n) is 3.12. The average molecular weight is 252 g/mol. The summed E-state index contributed by atoms with van der Waals surface area (Å²) in [5.41, 5.74) is 14.2. The molecule has 104 valence electrons. The predicted molar refractivity (Wildman–Crippen MR) is 76.7 cm³/mol. The van der Waals surface area contributed by atoms with E-state index in [2.05, 4.69) is 27.7 Å². The second-order valence-corrected chi connectivity index (χ2v) is 6.35. The van der Waals surface area contributed by atoms with Crippen LogP contribution in [-0.2, 0) is 4.74 Å². The third-order valence-electron chi connectivity index (χ3n) is 4.09. The van der Waals surface area contributed by atoms with Crippen molar-refractivity contribution in [3.63, 3.8) is 0 Å². The van der Waals surface area contributed by atoms with Gasteiger partial charge in [-0.1, -0.05) is 27.7 Å². The van der Waals surface area contributed by atoms with Gasteiger partial charge in [0.15, 0.2) is 0 Å². The summed E-state index contributed by atoms with van der Waals surface area (Å²) in [4.78, 5) is 0. The molecule has 0 aromatic rings. The van der Waals surface area contributed by atoms with Crippen LogP contribution in [-0.4, -0.2) is 11.2 Å². The van der Waals surface area contributed by atoms with Crippen molar-refractivity contribution in [2.75, 3.05) is 0 Å². The summed E-state index contributed by atoms with van der Waals surface area (Å²) in [6.07, 6.45) is 1.63. The molecule has 0 amide bonds. The molecule has 18 heavy (non-hydrogen) atoms. The zero-order valence-electron chi connectivity index (χ0n) is 12.8.